The van der Waals surface area contributed by atoms with Gasteiger partial charge in [-0.25, -0.2) is 8.42 Å². The van der Waals surface area contributed by atoms with E-state index in [9.17, 15) is 13.2 Å². The van der Waals surface area contributed by atoms with Crippen molar-refractivity contribution in [3.8, 4) is 5.75 Å². The fourth-order valence-electron chi connectivity index (χ4n) is 2.41. The van der Waals surface area contributed by atoms with E-state index in [4.69, 9.17) is 4.74 Å². The Morgan fingerprint density at radius 3 is 2.08 bits per heavy atom. The predicted molar refractivity (Wildman–Crippen MR) is 103 cm³/mol. The van der Waals surface area contributed by atoms with E-state index in [0.717, 1.165) is 5.56 Å². The number of sulfone groups is 1. The molecule has 2 rings (SSSR count). The molecule has 0 bridgehead atoms. The van der Waals surface area contributed by atoms with Gasteiger partial charge in [-0.15, -0.1) is 0 Å². The van der Waals surface area contributed by atoms with Crippen molar-refractivity contribution >= 4 is 21.4 Å². The Bertz CT molecular complexity index is 848. The highest BCUT2D eigenvalue weighted by Crippen LogP contribution is 2.24. The molecule has 0 spiro atoms. The van der Waals surface area contributed by atoms with Gasteiger partial charge in [0.15, 0.2) is 9.84 Å². The molecule has 6 heteroatoms. The highest BCUT2D eigenvalue weighted by molar-refractivity contribution is 7.91. The van der Waals surface area contributed by atoms with Gasteiger partial charge in [0.1, 0.15) is 5.75 Å². The molecular weight excluding hydrogens is 350 g/mol. The maximum atomic E-state index is 12.4. The van der Waals surface area contributed by atoms with Crippen LogP contribution in [0.2, 0.25) is 0 Å². The van der Waals surface area contributed by atoms with Gasteiger partial charge in [-0.2, -0.15) is 0 Å². The van der Waals surface area contributed by atoms with Crippen molar-refractivity contribution in [2.24, 2.45) is 0 Å². The molecule has 0 heterocycles. The van der Waals surface area contributed by atoms with Crippen molar-refractivity contribution in [2.45, 2.75) is 37.5 Å². The molecule has 0 unspecified atom stereocenters. The van der Waals surface area contributed by atoms with Crippen molar-refractivity contribution < 1.29 is 17.9 Å². The number of carbonyl (C=O) groups is 1. The lowest BCUT2D eigenvalue weighted by Gasteiger charge is -2.19. The Morgan fingerprint density at radius 1 is 1.00 bits per heavy atom. The van der Waals surface area contributed by atoms with Crippen molar-refractivity contribution in [3.05, 3.63) is 54.1 Å². The Labute approximate surface area is 155 Å². The van der Waals surface area contributed by atoms with E-state index in [1.807, 2.05) is 12.1 Å². The predicted octanol–water partition coefficient (Wildman–Crippen LogP) is 3.80. The van der Waals surface area contributed by atoms with Crippen LogP contribution < -0.4 is 10.1 Å². The lowest BCUT2D eigenvalue weighted by atomic mass is 9.87. The third-order valence-corrected chi connectivity index (χ3v) is 5.78. The highest BCUT2D eigenvalue weighted by Gasteiger charge is 2.19. The molecule has 0 atom stereocenters. The number of rotatable bonds is 6. The summed E-state index contributed by atoms with van der Waals surface area (Å²) in [5.74, 6) is 0.110. The Kier molecular flexibility index (Phi) is 6.08. The average molecular weight is 375 g/mol. The summed E-state index contributed by atoms with van der Waals surface area (Å²) in [6.45, 7) is 6.21. The molecule has 140 valence electrons. The summed E-state index contributed by atoms with van der Waals surface area (Å²) in [7, 11) is -1.94. The first-order valence-corrected chi connectivity index (χ1v) is 10.0. The van der Waals surface area contributed by atoms with Crippen LogP contribution in [-0.2, 0) is 20.0 Å². The van der Waals surface area contributed by atoms with E-state index in [2.05, 4.69) is 26.1 Å². The van der Waals surface area contributed by atoms with Gasteiger partial charge in [0.25, 0.3) is 0 Å². The molecule has 0 aromatic heterocycles. The number of carbonyl (C=O) groups excluding carboxylic acids is 1. The van der Waals surface area contributed by atoms with Gasteiger partial charge >= 0.3 is 0 Å². The lowest BCUT2D eigenvalue weighted by Crippen LogP contribution is -2.17. The molecule has 26 heavy (non-hydrogen) atoms. The van der Waals surface area contributed by atoms with E-state index in [1.54, 1.807) is 43.5 Å². The third kappa shape index (κ3) is 5.33. The van der Waals surface area contributed by atoms with Crippen LogP contribution in [0.4, 0.5) is 5.69 Å². The zero-order chi connectivity index (χ0) is 19.4. The van der Waals surface area contributed by atoms with Gasteiger partial charge in [0, 0.05) is 12.1 Å². The molecule has 0 aliphatic carbocycles. The molecule has 0 aliphatic rings. The van der Waals surface area contributed by atoms with Gasteiger partial charge in [0.2, 0.25) is 5.91 Å². The first-order valence-electron chi connectivity index (χ1n) is 8.39. The second kappa shape index (κ2) is 7.91. The van der Waals surface area contributed by atoms with Crippen molar-refractivity contribution in [1.29, 1.82) is 0 Å². The molecule has 2 aromatic rings. The van der Waals surface area contributed by atoms with E-state index in [0.29, 0.717) is 11.4 Å². The van der Waals surface area contributed by atoms with E-state index >= 15 is 0 Å². The van der Waals surface area contributed by atoms with Crippen LogP contribution in [0, 0.1) is 0 Å². The molecule has 1 amide bonds. The van der Waals surface area contributed by atoms with Crippen molar-refractivity contribution in [1.82, 2.24) is 0 Å². The Hall–Kier alpha value is -2.34. The fraction of sp³-hybridized carbons (Fsp3) is 0.350. The second-order valence-corrected chi connectivity index (χ2v) is 9.23. The molecule has 0 saturated carbocycles. The van der Waals surface area contributed by atoms with Crippen LogP contribution in [0.5, 0.6) is 5.75 Å². The number of benzene rings is 2. The van der Waals surface area contributed by atoms with Crippen LogP contribution in [-0.4, -0.2) is 27.2 Å². The minimum Gasteiger partial charge on any atom is -0.497 e. The quantitative estimate of drug-likeness (QED) is 0.834. The van der Waals surface area contributed by atoms with E-state index in [-0.39, 0.29) is 28.4 Å². The largest absolute Gasteiger partial charge is 0.497 e. The monoisotopic (exact) mass is 375 g/mol. The summed E-state index contributed by atoms with van der Waals surface area (Å²) in [5.41, 5.74) is 1.62. The zero-order valence-corrected chi connectivity index (χ0v) is 16.4. The van der Waals surface area contributed by atoms with E-state index in [1.165, 1.54) is 0 Å². The second-order valence-electron chi connectivity index (χ2n) is 7.12. The number of hydrogen-bond donors (Lipinski definition) is 1. The number of nitrogens with one attached hydrogen (secondary N) is 1. The summed E-state index contributed by atoms with van der Waals surface area (Å²) in [5, 5.41) is 2.69. The van der Waals surface area contributed by atoms with Gasteiger partial charge in [-0.05, 0) is 47.4 Å². The smallest absolute Gasteiger partial charge is 0.225 e. The zero-order valence-electron chi connectivity index (χ0n) is 15.6. The molecular formula is C20H25NO4S. The SMILES string of the molecule is COc1ccc(NC(=O)CCS(=O)(=O)c2ccc(C(C)(C)C)cc2)cc1. The Morgan fingerprint density at radius 2 is 1.58 bits per heavy atom. The minimum atomic E-state index is -3.50. The first kappa shape index (κ1) is 20.0. The molecule has 0 fully saturated rings. The van der Waals surface area contributed by atoms with E-state index < -0.39 is 9.84 Å². The van der Waals surface area contributed by atoms with Crippen LogP contribution >= 0.6 is 0 Å². The topological polar surface area (TPSA) is 72.5 Å². The number of ether oxygens (including phenoxy) is 1. The number of hydrogen-bond acceptors (Lipinski definition) is 4. The standard InChI is InChI=1S/C20H25NO4S/c1-20(2,3)15-5-11-18(12-6-15)26(23,24)14-13-19(22)21-16-7-9-17(25-4)10-8-16/h5-12H,13-14H2,1-4H3,(H,21,22). The maximum Gasteiger partial charge on any atom is 0.225 e. The van der Waals surface area contributed by atoms with Gasteiger partial charge in [-0.3, -0.25) is 4.79 Å². The molecule has 2 aromatic carbocycles. The van der Waals surface area contributed by atoms with Crippen molar-refractivity contribution in [2.75, 3.05) is 18.2 Å². The molecule has 1 N–H and O–H groups in total. The maximum absolute atomic E-state index is 12.4. The van der Waals surface area contributed by atoms with Crippen LogP contribution in [0.15, 0.2) is 53.4 Å². The molecule has 0 aliphatic heterocycles. The molecule has 0 radical (unpaired) electrons. The first-order chi connectivity index (χ1) is 12.1. The Balaban J connectivity index is 1.97. The number of anilines is 1. The fourth-order valence-corrected chi connectivity index (χ4v) is 3.65. The number of methoxy groups -OCH3 is 1. The number of amides is 1. The lowest BCUT2D eigenvalue weighted by molar-refractivity contribution is -0.115. The van der Waals surface area contributed by atoms with Crippen molar-refractivity contribution in [3.63, 3.8) is 0 Å². The summed E-state index contributed by atoms with van der Waals surface area (Å²) in [6.07, 6.45) is -0.102. The van der Waals surface area contributed by atoms with Crippen LogP contribution in [0.3, 0.4) is 0 Å². The highest BCUT2D eigenvalue weighted by atomic mass is 32.2. The minimum absolute atomic E-state index is 0.0411. The van der Waals surface area contributed by atoms with Crippen LogP contribution in [0.25, 0.3) is 0 Å². The average Bonchev–Trinajstić information content (AvgIpc) is 2.60. The molecule has 5 nitrogen and oxygen atoms in total. The normalized spacial score (nSPS) is 11.8. The third-order valence-electron chi connectivity index (χ3n) is 4.05. The van der Waals surface area contributed by atoms with Gasteiger partial charge in [-0.1, -0.05) is 32.9 Å². The summed E-state index contributed by atoms with van der Waals surface area (Å²) < 4.78 is 29.9. The summed E-state index contributed by atoms with van der Waals surface area (Å²) >= 11 is 0. The van der Waals surface area contributed by atoms with Gasteiger partial charge in [0.05, 0.1) is 17.8 Å². The van der Waals surface area contributed by atoms with Crippen LogP contribution in [0.1, 0.15) is 32.8 Å². The molecule has 0 saturated heterocycles. The summed E-state index contributed by atoms with van der Waals surface area (Å²) in [6, 6.07) is 13.7. The summed E-state index contributed by atoms with van der Waals surface area (Å²) in [4.78, 5) is 12.3. The van der Waals surface area contributed by atoms with Gasteiger partial charge < -0.3 is 10.1 Å².